The Morgan fingerprint density at radius 1 is 1.27 bits per heavy atom. The van der Waals surface area contributed by atoms with Crippen LogP contribution in [-0.2, 0) is 10.3 Å². The number of piperidine rings is 1. The van der Waals surface area contributed by atoms with Crippen LogP contribution in [0.5, 0.6) is 0 Å². The summed E-state index contributed by atoms with van der Waals surface area (Å²) in [6, 6.07) is 0. The number of allylic oxidation sites excluding steroid dienone is 4. The maximum atomic E-state index is 11.1. The minimum absolute atomic E-state index is 0.420. The predicted octanol–water partition coefficient (Wildman–Crippen LogP) is 0.924. The highest BCUT2D eigenvalue weighted by molar-refractivity contribution is 7.73. The summed E-state index contributed by atoms with van der Waals surface area (Å²) < 4.78 is 22.2. The Bertz CT molecular complexity index is 418. The lowest BCUT2D eigenvalue weighted by Crippen LogP contribution is -2.30. The molecule has 0 atom stereocenters. The summed E-state index contributed by atoms with van der Waals surface area (Å²) >= 11 is 0. The molecule has 3 nitrogen and oxygen atoms in total. The van der Waals surface area contributed by atoms with E-state index >= 15 is 0 Å². The molecular weight excluding hydrogens is 210 g/mol. The maximum Gasteiger partial charge on any atom is 0.217 e. The van der Waals surface area contributed by atoms with Gasteiger partial charge in [0, 0.05) is 6.42 Å². The second kappa shape index (κ2) is 4.77. The Morgan fingerprint density at radius 2 is 2.00 bits per heavy atom. The summed E-state index contributed by atoms with van der Waals surface area (Å²) in [6.07, 6.45) is 8.47. The number of nitrogens with one attached hydrogen (secondary N) is 1. The largest absolute Gasteiger partial charge is 0.317 e. The van der Waals surface area contributed by atoms with Crippen LogP contribution in [0.2, 0.25) is 0 Å². The standard InChI is InChI=1S/C11H15NO2S/c13-15(14)11-4-2-1-3-10(11)9-5-7-12-8-6-9/h1-3,9,12H,4-8H2. The molecule has 1 aliphatic heterocycles. The van der Waals surface area contributed by atoms with Gasteiger partial charge in [0.05, 0.1) is 4.86 Å². The van der Waals surface area contributed by atoms with E-state index in [0.717, 1.165) is 31.5 Å². The van der Waals surface area contributed by atoms with Gasteiger partial charge in [-0.1, -0.05) is 18.2 Å². The van der Waals surface area contributed by atoms with Gasteiger partial charge in [-0.3, -0.25) is 0 Å². The van der Waals surface area contributed by atoms with E-state index in [-0.39, 0.29) is 0 Å². The third-order valence-electron chi connectivity index (χ3n) is 3.02. The van der Waals surface area contributed by atoms with E-state index in [9.17, 15) is 8.42 Å². The normalized spacial score (nSPS) is 22.7. The smallest absolute Gasteiger partial charge is 0.217 e. The molecule has 0 spiro atoms. The van der Waals surface area contributed by atoms with Gasteiger partial charge in [0.2, 0.25) is 10.3 Å². The lowest BCUT2D eigenvalue weighted by molar-refractivity contribution is 0.428. The van der Waals surface area contributed by atoms with Gasteiger partial charge in [0.25, 0.3) is 0 Å². The fourth-order valence-electron chi connectivity index (χ4n) is 2.22. The number of hydrogen-bond acceptors (Lipinski definition) is 3. The molecule has 82 valence electrons. The van der Waals surface area contributed by atoms with Crippen molar-refractivity contribution in [3.8, 4) is 0 Å². The molecule has 1 saturated heterocycles. The first-order valence-electron chi connectivity index (χ1n) is 5.32. The summed E-state index contributed by atoms with van der Waals surface area (Å²) in [6.45, 7) is 1.98. The van der Waals surface area contributed by atoms with Gasteiger partial charge in [-0.2, -0.15) is 8.42 Å². The molecule has 4 heteroatoms. The van der Waals surface area contributed by atoms with E-state index < -0.39 is 10.3 Å². The second-order valence-electron chi connectivity index (χ2n) is 3.94. The first-order chi connectivity index (χ1) is 7.29. The van der Waals surface area contributed by atoms with E-state index in [2.05, 4.69) is 5.32 Å². The molecule has 2 rings (SSSR count). The van der Waals surface area contributed by atoms with Gasteiger partial charge in [0.15, 0.2) is 0 Å². The van der Waals surface area contributed by atoms with Gasteiger partial charge >= 0.3 is 0 Å². The van der Waals surface area contributed by atoms with Crippen LogP contribution in [0.25, 0.3) is 0 Å². The van der Waals surface area contributed by atoms with Gasteiger partial charge in [-0.25, -0.2) is 0 Å². The topological polar surface area (TPSA) is 46.2 Å². The van der Waals surface area contributed by atoms with E-state index in [1.165, 1.54) is 0 Å². The molecule has 1 heterocycles. The van der Waals surface area contributed by atoms with Crippen LogP contribution in [0, 0.1) is 5.92 Å². The highest BCUT2D eigenvalue weighted by Gasteiger charge is 2.22. The van der Waals surface area contributed by atoms with Crippen LogP contribution in [0.3, 0.4) is 0 Å². The average Bonchev–Trinajstić information content (AvgIpc) is 2.30. The van der Waals surface area contributed by atoms with Gasteiger partial charge in [0.1, 0.15) is 0 Å². The molecule has 0 saturated carbocycles. The van der Waals surface area contributed by atoms with E-state index in [1.807, 2.05) is 18.2 Å². The number of rotatable bonds is 1. The number of hydrogen-bond donors (Lipinski definition) is 1. The first kappa shape index (κ1) is 10.6. The quantitative estimate of drug-likeness (QED) is 0.675. The molecule has 1 fully saturated rings. The van der Waals surface area contributed by atoms with Crippen molar-refractivity contribution in [1.82, 2.24) is 5.32 Å². The monoisotopic (exact) mass is 225 g/mol. The van der Waals surface area contributed by atoms with Crippen LogP contribution in [-0.4, -0.2) is 26.4 Å². The fourth-order valence-corrected chi connectivity index (χ4v) is 2.88. The lowest BCUT2D eigenvalue weighted by atomic mass is 9.85. The highest BCUT2D eigenvalue weighted by atomic mass is 32.2. The van der Waals surface area contributed by atoms with Gasteiger partial charge in [-0.15, -0.1) is 0 Å². The van der Waals surface area contributed by atoms with Gasteiger partial charge in [-0.05, 0) is 37.4 Å². The molecular formula is C11H15NO2S. The van der Waals surface area contributed by atoms with Crippen molar-refractivity contribution in [3.63, 3.8) is 0 Å². The molecule has 2 aliphatic rings. The third-order valence-corrected chi connectivity index (χ3v) is 3.82. The van der Waals surface area contributed by atoms with Crippen LogP contribution < -0.4 is 5.32 Å². The Kier molecular flexibility index (Phi) is 3.38. The zero-order valence-corrected chi connectivity index (χ0v) is 9.39. The SMILES string of the molecule is O=S(=O)=C1CC=CC=C1C1CCNCC1. The van der Waals surface area contributed by atoms with E-state index in [1.54, 1.807) is 0 Å². The van der Waals surface area contributed by atoms with Crippen molar-refractivity contribution in [2.45, 2.75) is 19.3 Å². The molecule has 0 bridgehead atoms. The molecule has 1 aliphatic carbocycles. The summed E-state index contributed by atoms with van der Waals surface area (Å²) in [5.41, 5.74) is 1.03. The van der Waals surface area contributed by atoms with Crippen LogP contribution in [0.15, 0.2) is 23.8 Å². The molecule has 15 heavy (non-hydrogen) atoms. The summed E-state index contributed by atoms with van der Waals surface area (Å²) in [5, 5.41) is 3.29. The molecule has 0 aromatic rings. The van der Waals surface area contributed by atoms with Crippen molar-refractivity contribution < 1.29 is 8.42 Å². The van der Waals surface area contributed by atoms with Gasteiger partial charge < -0.3 is 5.32 Å². The molecule has 0 unspecified atom stereocenters. The third kappa shape index (κ3) is 2.38. The predicted molar refractivity (Wildman–Crippen MR) is 61.4 cm³/mol. The van der Waals surface area contributed by atoms with Crippen LogP contribution in [0.1, 0.15) is 19.3 Å². The first-order valence-corrected chi connectivity index (χ1v) is 6.39. The van der Waals surface area contributed by atoms with Crippen LogP contribution >= 0.6 is 0 Å². The Balaban J connectivity index is 2.28. The molecule has 0 amide bonds. The zero-order valence-electron chi connectivity index (χ0n) is 8.57. The minimum Gasteiger partial charge on any atom is -0.317 e. The molecule has 1 N–H and O–H groups in total. The summed E-state index contributed by atoms with van der Waals surface area (Å²) in [7, 11) is -2.06. The van der Waals surface area contributed by atoms with Crippen molar-refractivity contribution in [1.29, 1.82) is 0 Å². The van der Waals surface area contributed by atoms with Crippen molar-refractivity contribution in [2.75, 3.05) is 13.1 Å². The second-order valence-corrected chi connectivity index (χ2v) is 4.90. The molecule has 0 aromatic carbocycles. The van der Waals surface area contributed by atoms with Crippen molar-refractivity contribution >= 4 is 15.2 Å². The molecule has 0 radical (unpaired) electrons. The maximum absolute atomic E-state index is 11.1. The summed E-state index contributed by atoms with van der Waals surface area (Å²) in [4.78, 5) is 0.587. The zero-order chi connectivity index (χ0) is 10.7. The Hall–Kier alpha value is -0.870. The minimum atomic E-state index is -2.06. The van der Waals surface area contributed by atoms with E-state index in [4.69, 9.17) is 0 Å². The average molecular weight is 225 g/mol. The van der Waals surface area contributed by atoms with E-state index in [0.29, 0.717) is 17.2 Å². The summed E-state index contributed by atoms with van der Waals surface area (Å²) in [5.74, 6) is 0.420. The molecule has 0 aromatic heterocycles. The Labute approximate surface area is 91.4 Å². The van der Waals surface area contributed by atoms with Crippen molar-refractivity contribution in [2.24, 2.45) is 5.92 Å². The Morgan fingerprint density at radius 3 is 2.67 bits per heavy atom. The van der Waals surface area contributed by atoms with Crippen LogP contribution in [0.4, 0.5) is 0 Å². The fraction of sp³-hybridized carbons (Fsp3) is 0.545. The lowest BCUT2D eigenvalue weighted by Gasteiger charge is -2.26. The highest BCUT2D eigenvalue weighted by Crippen LogP contribution is 2.25. The van der Waals surface area contributed by atoms with Crippen molar-refractivity contribution in [3.05, 3.63) is 23.8 Å².